The minimum Gasteiger partial charge on any atom is -0.383 e. The Hall–Kier alpha value is 0.100. The number of hydrogen-bond acceptors (Lipinski definition) is 3. The van der Waals surface area contributed by atoms with E-state index in [2.05, 4.69) is 46.5 Å². The number of hydrogen-bond donors (Lipinski definition) is 1. The number of methoxy groups -OCH3 is 1. The topological polar surface area (TPSA) is 21.3 Å². The lowest BCUT2D eigenvalue weighted by atomic mass is 9.99. The van der Waals surface area contributed by atoms with E-state index in [0.29, 0.717) is 12.0 Å². The van der Waals surface area contributed by atoms with Crippen molar-refractivity contribution in [1.82, 2.24) is 5.32 Å². The highest BCUT2D eigenvalue weighted by Gasteiger charge is 2.14. The summed E-state index contributed by atoms with van der Waals surface area (Å²) in [5.74, 6) is 0.631. The molecule has 2 atom stereocenters. The van der Waals surface area contributed by atoms with Crippen LogP contribution in [0, 0.1) is 5.92 Å². The van der Waals surface area contributed by atoms with Gasteiger partial charge in [-0.3, -0.25) is 0 Å². The van der Waals surface area contributed by atoms with Gasteiger partial charge in [-0.05, 0) is 46.6 Å². The van der Waals surface area contributed by atoms with E-state index in [1.807, 2.05) is 11.3 Å². The van der Waals surface area contributed by atoms with Crippen molar-refractivity contribution in [3.63, 3.8) is 0 Å². The molecular formula is C12H20BrNOS. The highest BCUT2D eigenvalue weighted by atomic mass is 79.9. The van der Waals surface area contributed by atoms with Crippen LogP contribution in [-0.2, 0) is 11.2 Å². The number of ether oxygens (including phenoxy) is 1. The van der Waals surface area contributed by atoms with E-state index in [-0.39, 0.29) is 0 Å². The summed E-state index contributed by atoms with van der Waals surface area (Å²) in [7, 11) is 1.73. The summed E-state index contributed by atoms with van der Waals surface area (Å²) in [4.78, 5) is 1.44. The van der Waals surface area contributed by atoms with Gasteiger partial charge >= 0.3 is 0 Å². The van der Waals surface area contributed by atoms with E-state index in [4.69, 9.17) is 4.74 Å². The molecule has 0 radical (unpaired) electrons. The third kappa shape index (κ3) is 4.53. The first-order valence-corrected chi connectivity index (χ1v) is 7.26. The van der Waals surface area contributed by atoms with Crippen LogP contribution in [0.4, 0.5) is 0 Å². The van der Waals surface area contributed by atoms with Gasteiger partial charge in [0.05, 0.1) is 6.61 Å². The van der Waals surface area contributed by atoms with Gasteiger partial charge in [-0.2, -0.15) is 0 Å². The molecule has 1 aromatic heterocycles. The van der Waals surface area contributed by atoms with Crippen LogP contribution in [0.15, 0.2) is 15.9 Å². The van der Waals surface area contributed by atoms with Crippen molar-refractivity contribution in [2.24, 2.45) is 5.92 Å². The van der Waals surface area contributed by atoms with E-state index >= 15 is 0 Å². The zero-order valence-corrected chi connectivity index (χ0v) is 12.5. The molecule has 0 saturated carbocycles. The molecule has 1 rings (SSSR count). The first kappa shape index (κ1) is 14.2. The van der Waals surface area contributed by atoms with E-state index in [1.165, 1.54) is 9.35 Å². The van der Waals surface area contributed by atoms with Crippen molar-refractivity contribution in [3.05, 3.63) is 20.8 Å². The molecule has 2 nitrogen and oxygen atoms in total. The first-order chi connectivity index (χ1) is 7.65. The highest BCUT2D eigenvalue weighted by Crippen LogP contribution is 2.26. The predicted octanol–water partition coefficient (Wildman–Crippen LogP) is 3.31. The van der Waals surface area contributed by atoms with Gasteiger partial charge in [0, 0.05) is 29.0 Å². The molecule has 2 unspecified atom stereocenters. The molecule has 16 heavy (non-hydrogen) atoms. The van der Waals surface area contributed by atoms with Gasteiger partial charge in [0.15, 0.2) is 0 Å². The largest absolute Gasteiger partial charge is 0.383 e. The number of nitrogens with one attached hydrogen (secondary N) is 1. The van der Waals surface area contributed by atoms with E-state index in [0.717, 1.165) is 19.6 Å². The molecular weight excluding hydrogens is 286 g/mol. The van der Waals surface area contributed by atoms with Crippen LogP contribution in [0.5, 0.6) is 0 Å². The second-order valence-electron chi connectivity index (χ2n) is 4.11. The van der Waals surface area contributed by atoms with Gasteiger partial charge in [-0.15, -0.1) is 11.3 Å². The van der Waals surface area contributed by atoms with Crippen LogP contribution >= 0.6 is 27.3 Å². The Labute approximate surface area is 111 Å². The van der Waals surface area contributed by atoms with Crippen molar-refractivity contribution in [2.45, 2.75) is 26.3 Å². The van der Waals surface area contributed by atoms with Crippen LogP contribution in [0.25, 0.3) is 0 Å². The molecule has 0 aliphatic heterocycles. The summed E-state index contributed by atoms with van der Waals surface area (Å²) >= 11 is 5.40. The van der Waals surface area contributed by atoms with Gasteiger partial charge in [0.1, 0.15) is 0 Å². The minimum atomic E-state index is 0.518. The Morgan fingerprint density at radius 3 is 2.81 bits per heavy atom. The SMILES string of the molecule is COCCNC(C)C(C)Cc1sccc1Br. The molecule has 0 bridgehead atoms. The predicted molar refractivity (Wildman–Crippen MR) is 74.2 cm³/mol. The fourth-order valence-corrected chi connectivity index (χ4v) is 3.19. The van der Waals surface area contributed by atoms with Gasteiger partial charge in [-0.25, -0.2) is 0 Å². The summed E-state index contributed by atoms with van der Waals surface area (Å²) in [5.41, 5.74) is 0. The Bertz CT molecular complexity index is 303. The fraction of sp³-hybridized carbons (Fsp3) is 0.667. The molecule has 1 aromatic rings. The van der Waals surface area contributed by atoms with Crippen LogP contribution < -0.4 is 5.32 Å². The zero-order chi connectivity index (χ0) is 12.0. The van der Waals surface area contributed by atoms with Crippen molar-refractivity contribution in [3.8, 4) is 0 Å². The van der Waals surface area contributed by atoms with Crippen molar-refractivity contribution in [2.75, 3.05) is 20.3 Å². The maximum absolute atomic E-state index is 5.03. The van der Waals surface area contributed by atoms with Crippen LogP contribution in [0.1, 0.15) is 18.7 Å². The Kier molecular flexibility index (Phi) is 6.58. The van der Waals surface area contributed by atoms with E-state index in [9.17, 15) is 0 Å². The fourth-order valence-electron chi connectivity index (χ4n) is 1.53. The second kappa shape index (κ2) is 7.43. The summed E-state index contributed by atoms with van der Waals surface area (Å²) in [6.45, 7) is 6.23. The average molecular weight is 306 g/mol. The molecule has 0 fully saturated rings. The number of halogens is 1. The molecule has 1 heterocycles. The molecule has 0 spiro atoms. The normalized spacial score (nSPS) is 15.0. The maximum atomic E-state index is 5.03. The van der Waals surface area contributed by atoms with Crippen LogP contribution in [-0.4, -0.2) is 26.3 Å². The molecule has 0 amide bonds. The molecule has 4 heteroatoms. The summed E-state index contributed by atoms with van der Waals surface area (Å²) < 4.78 is 6.27. The van der Waals surface area contributed by atoms with Crippen LogP contribution in [0.2, 0.25) is 0 Å². The highest BCUT2D eigenvalue weighted by molar-refractivity contribution is 9.10. The summed E-state index contributed by atoms with van der Waals surface area (Å²) in [6, 6.07) is 2.64. The standard InChI is InChI=1S/C12H20BrNOS/c1-9(10(2)14-5-6-15-3)8-12-11(13)4-7-16-12/h4,7,9-10,14H,5-6,8H2,1-3H3. The zero-order valence-electron chi connectivity index (χ0n) is 10.1. The Balaban J connectivity index is 2.34. The molecule has 0 aliphatic rings. The Morgan fingerprint density at radius 1 is 1.50 bits per heavy atom. The van der Waals surface area contributed by atoms with Gasteiger partial charge in [0.25, 0.3) is 0 Å². The third-order valence-electron chi connectivity index (χ3n) is 2.82. The monoisotopic (exact) mass is 305 g/mol. The van der Waals surface area contributed by atoms with Crippen molar-refractivity contribution < 1.29 is 4.74 Å². The second-order valence-corrected chi connectivity index (χ2v) is 5.96. The van der Waals surface area contributed by atoms with Crippen LogP contribution in [0.3, 0.4) is 0 Å². The first-order valence-electron chi connectivity index (χ1n) is 5.59. The lowest BCUT2D eigenvalue weighted by Gasteiger charge is -2.20. The van der Waals surface area contributed by atoms with Crippen molar-refractivity contribution in [1.29, 1.82) is 0 Å². The number of thiophene rings is 1. The smallest absolute Gasteiger partial charge is 0.0587 e. The molecule has 0 aliphatic carbocycles. The molecule has 0 saturated heterocycles. The minimum absolute atomic E-state index is 0.518. The van der Waals surface area contributed by atoms with E-state index < -0.39 is 0 Å². The quantitative estimate of drug-likeness (QED) is 0.780. The molecule has 0 aromatic carbocycles. The van der Waals surface area contributed by atoms with Gasteiger partial charge in [0.2, 0.25) is 0 Å². The number of rotatable bonds is 7. The lowest BCUT2D eigenvalue weighted by molar-refractivity contribution is 0.192. The molecule has 1 N–H and O–H groups in total. The van der Waals surface area contributed by atoms with Gasteiger partial charge in [-0.1, -0.05) is 6.92 Å². The third-order valence-corrected chi connectivity index (χ3v) is 4.77. The summed E-state index contributed by atoms with van der Waals surface area (Å²) in [6.07, 6.45) is 1.12. The average Bonchev–Trinajstić information content (AvgIpc) is 2.64. The van der Waals surface area contributed by atoms with E-state index in [1.54, 1.807) is 7.11 Å². The lowest BCUT2D eigenvalue weighted by Crippen LogP contribution is -2.35. The van der Waals surface area contributed by atoms with Gasteiger partial charge < -0.3 is 10.1 Å². The Morgan fingerprint density at radius 2 is 2.25 bits per heavy atom. The van der Waals surface area contributed by atoms with Crippen molar-refractivity contribution >= 4 is 27.3 Å². The molecule has 92 valence electrons. The summed E-state index contributed by atoms with van der Waals surface area (Å²) in [5, 5.41) is 5.61. The maximum Gasteiger partial charge on any atom is 0.0587 e.